The molecule has 0 saturated carbocycles. The molecule has 1 aromatic rings. The Morgan fingerprint density at radius 2 is 1.83 bits per heavy atom. The van der Waals surface area contributed by atoms with Crippen molar-refractivity contribution in [3.63, 3.8) is 0 Å². The molecule has 1 unspecified atom stereocenters. The van der Waals surface area contributed by atoms with Crippen molar-refractivity contribution in [2.24, 2.45) is 0 Å². The van der Waals surface area contributed by atoms with Crippen LogP contribution >= 0.6 is 0 Å². The highest BCUT2D eigenvalue weighted by Crippen LogP contribution is 2.12. The van der Waals surface area contributed by atoms with Crippen LogP contribution in [0.5, 0.6) is 0 Å². The molecule has 0 saturated heterocycles. The summed E-state index contributed by atoms with van der Waals surface area (Å²) in [5, 5.41) is 14.1. The number of carboxylic acid groups (broad SMARTS) is 1. The molecule has 0 fully saturated rings. The summed E-state index contributed by atoms with van der Waals surface area (Å²) in [5.41, 5.74) is 0.667. The average Bonchev–Trinajstić information content (AvgIpc) is 2.52. The van der Waals surface area contributed by atoms with Gasteiger partial charge in [-0.25, -0.2) is 0 Å². The predicted molar refractivity (Wildman–Crippen MR) is 85.8 cm³/mol. The maximum Gasteiger partial charge on any atom is 0.317 e. The van der Waals surface area contributed by atoms with E-state index in [4.69, 9.17) is 5.11 Å². The minimum atomic E-state index is -0.989. The normalized spacial score (nSPS) is 11.8. The van der Waals surface area contributed by atoms with Crippen LogP contribution in [0.15, 0.2) is 30.3 Å². The molecular formula is C16H23N3O4. The van der Waals surface area contributed by atoms with Crippen molar-refractivity contribution in [3.8, 4) is 0 Å². The molecule has 0 radical (unpaired) electrons. The smallest absolute Gasteiger partial charge is 0.317 e. The van der Waals surface area contributed by atoms with E-state index in [1.165, 1.54) is 11.9 Å². The standard InChI is InChI=1S/C16H23N3O4/c1-3-9-19(11-14(21)22)10-13(20)18-15(16(23)17-2)12-7-5-4-6-8-12/h4-8,15H,3,9-11H2,1-2H3,(H,17,23)(H,18,20)(H,21,22). The molecule has 0 aliphatic heterocycles. The lowest BCUT2D eigenvalue weighted by atomic mass is 10.1. The number of nitrogens with one attached hydrogen (secondary N) is 2. The monoisotopic (exact) mass is 321 g/mol. The molecule has 1 rings (SSSR count). The van der Waals surface area contributed by atoms with Gasteiger partial charge in [0.25, 0.3) is 0 Å². The molecule has 2 amide bonds. The van der Waals surface area contributed by atoms with Crippen LogP contribution in [0.4, 0.5) is 0 Å². The number of carboxylic acids is 1. The molecule has 0 aromatic heterocycles. The molecule has 0 bridgehead atoms. The summed E-state index contributed by atoms with van der Waals surface area (Å²) < 4.78 is 0. The SMILES string of the molecule is CCCN(CC(=O)O)CC(=O)NC(C(=O)NC)c1ccccc1. The van der Waals surface area contributed by atoms with E-state index in [2.05, 4.69) is 10.6 Å². The number of carbonyl (C=O) groups excluding carboxylic acids is 2. The van der Waals surface area contributed by atoms with Gasteiger partial charge in [-0.15, -0.1) is 0 Å². The van der Waals surface area contributed by atoms with Gasteiger partial charge in [0.05, 0.1) is 13.1 Å². The zero-order valence-electron chi connectivity index (χ0n) is 13.4. The van der Waals surface area contributed by atoms with Crippen molar-refractivity contribution >= 4 is 17.8 Å². The first-order valence-electron chi connectivity index (χ1n) is 7.48. The van der Waals surface area contributed by atoms with Gasteiger partial charge < -0.3 is 15.7 Å². The van der Waals surface area contributed by atoms with Crippen molar-refractivity contribution in [2.45, 2.75) is 19.4 Å². The first kappa shape index (κ1) is 18.6. The Morgan fingerprint density at radius 3 is 2.35 bits per heavy atom. The van der Waals surface area contributed by atoms with E-state index in [1.54, 1.807) is 24.3 Å². The second-order valence-corrected chi connectivity index (χ2v) is 5.13. The van der Waals surface area contributed by atoms with Crippen LogP contribution < -0.4 is 10.6 Å². The number of rotatable bonds is 9. The van der Waals surface area contributed by atoms with Crippen molar-refractivity contribution in [1.29, 1.82) is 0 Å². The summed E-state index contributed by atoms with van der Waals surface area (Å²) in [4.78, 5) is 36.5. The molecule has 0 heterocycles. The molecule has 3 N–H and O–H groups in total. The lowest BCUT2D eigenvalue weighted by Crippen LogP contribution is -2.45. The Bertz CT molecular complexity index is 533. The van der Waals surface area contributed by atoms with Gasteiger partial charge in [-0.1, -0.05) is 37.3 Å². The number of amides is 2. The number of likely N-dealkylation sites (N-methyl/N-ethyl adjacent to an activating group) is 1. The second-order valence-electron chi connectivity index (χ2n) is 5.13. The highest BCUT2D eigenvalue weighted by molar-refractivity contribution is 5.89. The van der Waals surface area contributed by atoms with Gasteiger partial charge in [0.1, 0.15) is 6.04 Å². The van der Waals surface area contributed by atoms with Gasteiger partial charge in [0, 0.05) is 7.05 Å². The Hall–Kier alpha value is -2.41. The van der Waals surface area contributed by atoms with Gasteiger partial charge in [-0.2, -0.15) is 0 Å². The lowest BCUT2D eigenvalue weighted by Gasteiger charge is -2.22. The number of hydrogen-bond acceptors (Lipinski definition) is 4. The van der Waals surface area contributed by atoms with Crippen LogP contribution in [0.1, 0.15) is 24.9 Å². The minimum Gasteiger partial charge on any atom is -0.480 e. The molecule has 0 spiro atoms. The zero-order chi connectivity index (χ0) is 17.2. The molecule has 126 valence electrons. The van der Waals surface area contributed by atoms with E-state index in [1.807, 2.05) is 13.0 Å². The van der Waals surface area contributed by atoms with Crippen molar-refractivity contribution < 1.29 is 19.5 Å². The fraction of sp³-hybridized carbons (Fsp3) is 0.438. The fourth-order valence-electron chi connectivity index (χ4n) is 2.22. The van der Waals surface area contributed by atoms with Crippen LogP contribution in [0.25, 0.3) is 0 Å². The molecule has 7 nitrogen and oxygen atoms in total. The number of hydrogen-bond donors (Lipinski definition) is 3. The first-order valence-corrected chi connectivity index (χ1v) is 7.48. The van der Waals surface area contributed by atoms with E-state index in [0.717, 1.165) is 6.42 Å². The highest BCUT2D eigenvalue weighted by atomic mass is 16.4. The van der Waals surface area contributed by atoms with Crippen LogP contribution in [0, 0.1) is 0 Å². The van der Waals surface area contributed by atoms with Gasteiger partial charge in [-0.05, 0) is 18.5 Å². The molecule has 1 atom stereocenters. The third-order valence-electron chi connectivity index (χ3n) is 3.21. The maximum atomic E-state index is 12.2. The molecule has 7 heteroatoms. The van der Waals surface area contributed by atoms with Gasteiger partial charge in [0.2, 0.25) is 11.8 Å². The average molecular weight is 321 g/mol. The summed E-state index contributed by atoms with van der Waals surface area (Å²) in [6.07, 6.45) is 0.734. The Labute approximate surface area is 135 Å². The third kappa shape index (κ3) is 6.48. The van der Waals surface area contributed by atoms with Crippen LogP contribution in [-0.4, -0.2) is 54.5 Å². The maximum absolute atomic E-state index is 12.2. The van der Waals surface area contributed by atoms with Crippen molar-refractivity contribution in [1.82, 2.24) is 15.5 Å². The predicted octanol–water partition coefficient (Wildman–Crippen LogP) is 0.387. The number of carbonyl (C=O) groups is 3. The number of nitrogens with zero attached hydrogens (tertiary/aromatic N) is 1. The Balaban J connectivity index is 2.76. The van der Waals surface area contributed by atoms with E-state index in [9.17, 15) is 14.4 Å². The Kier molecular flexibility index (Phi) is 7.76. The van der Waals surface area contributed by atoms with Crippen molar-refractivity contribution in [2.75, 3.05) is 26.7 Å². The van der Waals surface area contributed by atoms with E-state index < -0.39 is 17.9 Å². The lowest BCUT2D eigenvalue weighted by molar-refractivity contribution is -0.139. The first-order chi connectivity index (χ1) is 11.0. The molecular weight excluding hydrogens is 298 g/mol. The van der Waals surface area contributed by atoms with Gasteiger partial charge in [0.15, 0.2) is 0 Å². The van der Waals surface area contributed by atoms with Crippen LogP contribution in [0.3, 0.4) is 0 Å². The fourth-order valence-corrected chi connectivity index (χ4v) is 2.22. The summed E-state index contributed by atoms with van der Waals surface area (Å²) in [7, 11) is 1.50. The molecule has 1 aromatic carbocycles. The number of aliphatic carboxylic acids is 1. The van der Waals surface area contributed by atoms with Gasteiger partial charge in [-0.3, -0.25) is 19.3 Å². The van der Waals surface area contributed by atoms with Crippen molar-refractivity contribution in [3.05, 3.63) is 35.9 Å². The van der Waals surface area contributed by atoms with E-state index in [0.29, 0.717) is 12.1 Å². The quantitative estimate of drug-likeness (QED) is 0.611. The van der Waals surface area contributed by atoms with Crippen LogP contribution in [0.2, 0.25) is 0 Å². The highest BCUT2D eigenvalue weighted by Gasteiger charge is 2.22. The molecule has 0 aliphatic carbocycles. The third-order valence-corrected chi connectivity index (χ3v) is 3.21. The molecule has 23 heavy (non-hydrogen) atoms. The van der Waals surface area contributed by atoms with Crippen LogP contribution in [-0.2, 0) is 14.4 Å². The second kappa shape index (κ2) is 9.58. The molecule has 0 aliphatic rings. The zero-order valence-corrected chi connectivity index (χ0v) is 13.4. The minimum absolute atomic E-state index is 0.0690. The van der Waals surface area contributed by atoms with Gasteiger partial charge >= 0.3 is 5.97 Å². The summed E-state index contributed by atoms with van der Waals surface area (Å²) in [5.74, 6) is -1.71. The summed E-state index contributed by atoms with van der Waals surface area (Å²) >= 11 is 0. The Morgan fingerprint density at radius 1 is 1.17 bits per heavy atom. The van der Waals surface area contributed by atoms with E-state index in [-0.39, 0.29) is 19.0 Å². The topological polar surface area (TPSA) is 98.7 Å². The summed E-state index contributed by atoms with van der Waals surface area (Å²) in [6, 6.07) is 8.09. The largest absolute Gasteiger partial charge is 0.480 e. The number of benzene rings is 1. The summed E-state index contributed by atoms with van der Waals surface area (Å²) in [6.45, 7) is 2.12. The van der Waals surface area contributed by atoms with E-state index >= 15 is 0 Å².